The van der Waals surface area contributed by atoms with Crippen molar-refractivity contribution in [3.63, 3.8) is 0 Å². The van der Waals surface area contributed by atoms with Crippen molar-refractivity contribution in [2.24, 2.45) is 0 Å². The van der Waals surface area contributed by atoms with Crippen LogP contribution in [-0.4, -0.2) is 39.9 Å². The molecule has 0 aromatic carbocycles. The Labute approximate surface area is 341 Å². The lowest BCUT2D eigenvalue weighted by Gasteiger charge is -2.09. The Balaban J connectivity index is 0.000000198. The minimum absolute atomic E-state index is 0. The highest BCUT2D eigenvalue weighted by molar-refractivity contribution is 6.31. The molecule has 8 heterocycles. The maximum atomic E-state index is 14.5. The second-order valence-corrected chi connectivity index (χ2v) is 13.5. The first-order chi connectivity index (χ1) is 28.2. The van der Waals surface area contributed by atoms with Gasteiger partial charge in [-0.15, -0.1) is 0 Å². The molecule has 8 aromatic rings. The molecule has 0 unspecified atom stereocenters. The zero-order valence-electron chi connectivity index (χ0n) is 30.2. The monoisotopic (exact) mass is 852 g/mol. The molecule has 0 amide bonds. The van der Waals surface area contributed by atoms with Crippen LogP contribution in [-0.2, 0) is 38.3 Å². The van der Waals surface area contributed by atoms with Gasteiger partial charge in [-0.25, -0.2) is 19.9 Å². The van der Waals surface area contributed by atoms with E-state index in [0.717, 1.165) is 52.1 Å². The topological polar surface area (TPSA) is 133 Å². The van der Waals surface area contributed by atoms with Gasteiger partial charge in [0.25, 0.3) is 0 Å². The van der Waals surface area contributed by atoms with Gasteiger partial charge >= 0.3 is 12.4 Å². The first kappa shape index (κ1) is 42.9. The van der Waals surface area contributed by atoms with Gasteiger partial charge in [-0.1, -0.05) is 43.3 Å². The van der Waals surface area contributed by atoms with Gasteiger partial charge in [-0.05, 0) is 64.7 Å². The van der Waals surface area contributed by atoms with E-state index >= 15 is 0 Å². The Morgan fingerprint density at radius 1 is 0.567 bits per heavy atom. The molecule has 19 heteroatoms. The Kier molecular flexibility index (Phi) is 12.9. The molecule has 0 aliphatic rings. The average Bonchev–Trinajstić information content (AvgIpc) is 3.81. The molecule has 310 valence electrons. The molecular weight excluding hydrogens is 820 g/mol. The molecule has 4 N–H and O–H groups in total. The number of aromatic nitrogens is 8. The molecule has 0 spiro atoms. The lowest BCUT2D eigenvalue weighted by atomic mass is 10.1. The van der Waals surface area contributed by atoms with Crippen molar-refractivity contribution in [1.82, 2.24) is 39.9 Å². The molecule has 10 nitrogen and oxygen atoms in total. The SMILES string of the molecule is C.Fc1nc(NCc2ccc(C(F)(F)F)nc2)ccc1Cc1c[nH]c2ncc(Cl)cc12.Fc1nc(NCc2ccc(C(F)(F)F)nc2)ccc1Cc1c[nH]c2ncccc12. The molecule has 8 rings (SSSR count). The van der Waals surface area contributed by atoms with Crippen molar-refractivity contribution in [2.75, 3.05) is 10.6 Å². The number of hydrogen-bond donors (Lipinski definition) is 4. The molecule has 0 radical (unpaired) electrons. The van der Waals surface area contributed by atoms with E-state index in [1.54, 1.807) is 48.9 Å². The summed E-state index contributed by atoms with van der Waals surface area (Å²) in [7, 11) is 0. The Morgan fingerprint density at radius 3 is 1.53 bits per heavy atom. The third-order valence-electron chi connectivity index (χ3n) is 8.91. The van der Waals surface area contributed by atoms with Crippen molar-refractivity contribution >= 4 is 45.3 Å². The van der Waals surface area contributed by atoms with Crippen LogP contribution >= 0.6 is 11.6 Å². The summed E-state index contributed by atoms with van der Waals surface area (Å²) >= 11 is 5.99. The quantitative estimate of drug-likeness (QED) is 0.0790. The maximum Gasteiger partial charge on any atom is 0.433 e. The number of anilines is 2. The van der Waals surface area contributed by atoms with Crippen LogP contribution < -0.4 is 10.6 Å². The van der Waals surface area contributed by atoms with E-state index in [9.17, 15) is 35.1 Å². The van der Waals surface area contributed by atoms with Crippen LogP contribution in [0.3, 0.4) is 0 Å². The van der Waals surface area contributed by atoms with Gasteiger partial charge in [0.05, 0.1) is 5.02 Å². The molecule has 0 aliphatic carbocycles. The first-order valence-corrected chi connectivity index (χ1v) is 17.9. The highest BCUT2D eigenvalue weighted by Gasteiger charge is 2.32. The molecule has 0 saturated heterocycles. The second-order valence-electron chi connectivity index (χ2n) is 13.0. The summed E-state index contributed by atoms with van der Waals surface area (Å²) in [5.74, 6) is -0.708. The number of rotatable bonds is 10. The fraction of sp³-hybridized carbons (Fsp3) is 0.171. The summed E-state index contributed by atoms with van der Waals surface area (Å²) in [6.45, 7) is 0.328. The summed E-state index contributed by atoms with van der Waals surface area (Å²) in [5.41, 5.74) is 3.06. The van der Waals surface area contributed by atoms with Gasteiger partial charge in [0.1, 0.15) is 34.3 Å². The number of nitrogens with zero attached hydrogens (tertiary/aromatic N) is 6. The predicted octanol–water partition coefficient (Wildman–Crippen LogP) is 10.7. The van der Waals surface area contributed by atoms with Gasteiger partial charge < -0.3 is 20.6 Å². The summed E-state index contributed by atoms with van der Waals surface area (Å²) in [5, 5.41) is 7.97. The van der Waals surface area contributed by atoms with Crippen molar-refractivity contribution in [2.45, 2.75) is 45.7 Å². The molecule has 0 saturated carbocycles. The van der Waals surface area contributed by atoms with Gasteiger partial charge in [0.15, 0.2) is 0 Å². The van der Waals surface area contributed by atoms with Crippen molar-refractivity contribution in [3.05, 3.63) is 166 Å². The highest BCUT2D eigenvalue weighted by Crippen LogP contribution is 2.29. The van der Waals surface area contributed by atoms with E-state index < -0.39 is 35.6 Å². The number of aromatic amines is 2. The smallest absolute Gasteiger partial charge is 0.366 e. The first-order valence-electron chi connectivity index (χ1n) is 17.5. The Bertz CT molecular complexity index is 2700. The van der Waals surface area contributed by atoms with Crippen LogP contribution in [0, 0.1) is 11.9 Å². The number of H-pyrrole nitrogens is 2. The molecule has 0 aliphatic heterocycles. The summed E-state index contributed by atoms with van der Waals surface area (Å²) < 4.78 is 104. The van der Waals surface area contributed by atoms with Crippen LogP contribution in [0.15, 0.2) is 104 Å². The fourth-order valence-electron chi connectivity index (χ4n) is 5.91. The van der Waals surface area contributed by atoms with Crippen molar-refractivity contribution in [3.8, 4) is 0 Å². The van der Waals surface area contributed by atoms with E-state index in [-0.39, 0.29) is 32.2 Å². The number of fused-ring (bicyclic) bond motifs is 2. The number of pyridine rings is 6. The van der Waals surface area contributed by atoms with Gasteiger partial charge in [0, 0.05) is 85.0 Å². The lowest BCUT2D eigenvalue weighted by molar-refractivity contribution is -0.142. The van der Waals surface area contributed by atoms with E-state index in [1.165, 1.54) is 18.3 Å². The largest absolute Gasteiger partial charge is 0.433 e. The van der Waals surface area contributed by atoms with Crippen molar-refractivity contribution < 1.29 is 35.1 Å². The van der Waals surface area contributed by atoms with Gasteiger partial charge in [-0.3, -0.25) is 9.97 Å². The highest BCUT2D eigenvalue weighted by atomic mass is 35.5. The van der Waals surface area contributed by atoms with E-state index in [0.29, 0.717) is 45.8 Å². The van der Waals surface area contributed by atoms with E-state index in [4.69, 9.17) is 11.6 Å². The van der Waals surface area contributed by atoms with E-state index in [1.807, 2.05) is 12.1 Å². The Hall–Kier alpha value is -6.69. The van der Waals surface area contributed by atoms with E-state index in [2.05, 4.69) is 50.5 Å². The standard InChI is InChI=1S/C20H14ClF4N5.C20H15F4N5.CH4/c21-14-6-15-13(9-28-19(15)29-10-14)5-12-2-4-17(30-18(12)22)27-8-11-1-3-16(26-7-11)20(23,24)25;21-18-13(8-14-11-28-19-15(14)2-1-7-25-19)4-6-17(29-18)27-10-12-3-5-16(26-9-12)20(22,23)24;/h1-4,6-7,9-10H,5,8H2,(H,27,30)(H,28,29);1-7,9,11H,8,10H2,(H,25,28)(H,27,29);1H4. The molecule has 0 atom stereocenters. The predicted molar refractivity (Wildman–Crippen MR) is 211 cm³/mol. The number of hydrogen-bond acceptors (Lipinski definition) is 8. The molecule has 0 fully saturated rings. The normalized spacial score (nSPS) is 11.6. The fourth-order valence-corrected chi connectivity index (χ4v) is 6.07. The van der Waals surface area contributed by atoms with Crippen LogP contribution in [0.25, 0.3) is 22.1 Å². The average molecular weight is 853 g/mol. The molecule has 0 bridgehead atoms. The molecular formula is C41H33ClF8N10. The third-order valence-corrected chi connectivity index (χ3v) is 9.12. The number of nitrogens with one attached hydrogen (secondary N) is 4. The third kappa shape index (κ3) is 10.5. The zero-order valence-corrected chi connectivity index (χ0v) is 31.0. The maximum absolute atomic E-state index is 14.5. The summed E-state index contributed by atoms with van der Waals surface area (Å²) in [6, 6.07) is 16.4. The van der Waals surface area contributed by atoms with Gasteiger partial charge in [0.2, 0.25) is 11.9 Å². The summed E-state index contributed by atoms with van der Waals surface area (Å²) in [4.78, 5) is 29.0. The van der Waals surface area contributed by atoms with Gasteiger partial charge in [-0.2, -0.15) is 35.1 Å². The van der Waals surface area contributed by atoms with Crippen LogP contribution in [0.2, 0.25) is 5.02 Å². The molecule has 60 heavy (non-hydrogen) atoms. The Morgan fingerprint density at radius 2 is 1.07 bits per heavy atom. The lowest BCUT2D eigenvalue weighted by Crippen LogP contribution is -2.09. The van der Waals surface area contributed by atoms with Crippen LogP contribution in [0.1, 0.15) is 52.2 Å². The van der Waals surface area contributed by atoms with Crippen LogP contribution in [0.5, 0.6) is 0 Å². The zero-order chi connectivity index (χ0) is 41.7. The number of alkyl halides is 6. The van der Waals surface area contributed by atoms with Crippen molar-refractivity contribution in [1.29, 1.82) is 0 Å². The molecule has 8 aromatic heterocycles. The minimum Gasteiger partial charge on any atom is -0.366 e. The second kappa shape index (κ2) is 18.1. The van der Waals surface area contributed by atoms with Crippen LogP contribution in [0.4, 0.5) is 46.8 Å². The summed E-state index contributed by atoms with van der Waals surface area (Å²) in [6.07, 6.45) is 0.681. The minimum atomic E-state index is -4.49. The number of halogens is 9.